The van der Waals surface area contributed by atoms with E-state index in [0.29, 0.717) is 4.90 Å². The second kappa shape index (κ2) is 4.42. The zero-order valence-corrected chi connectivity index (χ0v) is 9.05. The van der Waals surface area contributed by atoms with Crippen molar-refractivity contribution in [2.24, 2.45) is 0 Å². The molecular formula is C11H14O2S. The van der Waals surface area contributed by atoms with Crippen molar-refractivity contribution in [1.29, 1.82) is 0 Å². The van der Waals surface area contributed by atoms with E-state index in [1.165, 1.54) is 6.08 Å². The van der Waals surface area contributed by atoms with Gasteiger partial charge < -0.3 is 0 Å². The van der Waals surface area contributed by atoms with Gasteiger partial charge in [0.1, 0.15) is 0 Å². The van der Waals surface area contributed by atoms with Crippen LogP contribution in [0.25, 0.3) is 0 Å². The van der Waals surface area contributed by atoms with Crippen LogP contribution in [-0.2, 0) is 16.3 Å². The van der Waals surface area contributed by atoms with Gasteiger partial charge in [-0.2, -0.15) is 0 Å². The molecule has 0 amide bonds. The molecule has 2 nitrogen and oxygen atoms in total. The first-order chi connectivity index (χ1) is 6.60. The molecule has 0 aromatic heterocycles. The molecular weight excluding hydrogens is 196 g/mol. The van der Waals surface area contributed by atoms with Gasteiger partial charge in [-0.25, -0.2) is 8.42 Å². The zero-order valence-electron chi connectivity index (χ0n) is 8.23. The van der Waals surface area contributed by atoms with Crippen LogP contribution in [0.1, 0.15) is 12.5 Å². The Morgan fingerprint density at radius 3 is 2.29 bits per heavy atom. The van der Waals surface area contributed by atoms with E-state index >= 15 is 0 Å². The molecule has 0 heterocycles. The zero-order chi connectivity index (χ0) is 10.6. The highest BCUT2D eigenvalue weighted by Gasteiger charge is 2.10. The summed E-state index contributed by atoms with van der Waals surface area (Å²) >= 11 is 0. The predicted octanol–water partition coefficient (Wildman–Crippen LogP) is 2.21. The van der Waals surface area contributed by atoms with Gasteiger partial charge >= 0.3 is 0 Å². The maximum atomic E-state index is 11.6. The minimum Gasteiger partial charge on any atom is -0.223 e. The van der Waals surface area contributed by atoms with Crippen LogP contribution in [0.2, 0.25) is 0 Å². The van der Waals surface area contributed by atoms with Crippen molar-refractivity contribution in [3.63, 3.8) is 0 Å². The van der Waals surface area contributed by atoms with Crippen LogP contribution in [-0.4, -0.2) is 14.2 Å². The Kier molecular flexibility index (Phi) is 3.47. The number of sulfone groups is 1. The van der Waals surface area contributed by atoms with Crippen LogP contribution < -0.4 is 0 Å². The summed E-state index contributed by atoms with van der Waals surface area (Å²) in [6.45, 7) is 5.46. The third-order valence-corrected chi connectivity index (χ3v) is 3.69. The number of hydrogen-bond donors (Lipinski definition) is 0. The molecule has 1 rings (SSSR count). The monoisotopic (exact) mass is 210 g/mol. The van der Waals surface area contributed by atoms with E-state index in [4.69, 9.17) is 0 Å². The van der Waals surface area contributed by atoms with Crippen molar-refractivity contribution >= 4 is 9.84 Å². The van der Waals surface area contributed by atoms with Gasteiger partial charge in [-0.15, -0.1) is 6.58 Å². The fourth-order valence-electron chi connectivity index (χ4n) is 1.18. The van der Waals surface area contributed by atoms with Crippen molar-refractivity contribution in [1.82, 2.24) is 0 Å². The lowest BCUT2D eigenvalue weighted by atomic mass is 10.2. The Balaban J connectivity index is 3.03. The molecule has 0 atom stereocenters. The van der Waals surface area contributed by atoms with Gasteiger partial charge in [0.2, 0.25) is 0 Å². The molecule has 0 radical (unpaired) electrons. The van der Waals surface area contributed by atoms with Crippen LogP contribution in [0.5, 0.6) is 0 Å². The van der Waals surface area contributed by atoms with Crippen molar-refractivity contribution in [2.45, 2.75) is 18.2 Å². The van der Waals surface area contributed by atoms with Gasteiger partial charge in [-0.1, -0.05) is 25.1 Å². The smallest absolute Gasteiger partial charge is 0.181 e. The summed E-state index contributed by atoms with van der Waals surface area (Å²) in [7, 11) is -3.15. The van der Waals surface area contributed by atoms with Gasteiger partial charge in [0.15, 0.2) is 9.84 Å². The highest BCUT2D eigenvalue weighted by atomic mass is 32.2. The van der Waals surface area contributed by atoms with E-state index in [2.05, 4.69) is 6.58 Å². The topological polar surface area (TPSA) is 34.1 Å². The minimum absolute atomic E-state index is 0.00152. The number of rotatable bonds is 4. The normalized spacial score (nSPS) is 11.2. The number of benzene rings is 1. The number of hydrogen-bond acceptors (Lipinski definition) is 2. The maximum absolute atomic E-state index is 11.6. The van der Waals surface area contributed by atoms with Gasteiger partial charge in [0, 0.05) is 0 Å². The average Bonchev–Trinajstić information content (AvgIpc) is 2.18. The Morgan fingerprint density at radius 2 is 1.86 bits per heavy atom. The fraction of sp³-hybridized carbons (Fsp3) is 0.273. The Morgan fingerprint density at radius 1 is 1.29 bits per heavy atom. The standard InChI is InChI=1S/C11H14O2S/c1-3-9-14(12,13)11-7-5-10(4-2)6-8-11/h3,5-8H,1,4,9H2,2H3. The van der Waals surface area contributed by atoms with Crippen molar-refractivity contribution in [3.8, 4) is 0 Å². The third-order valence-electron chi connectivity index (χ3n) is 2.03. The van der Waals surface area contributed by atoms with Gasteiger partial charge in [-0.3, -0.25) is 0 Å². The van der Waals surface area contributed by atoms with Crippen LogP contribution in [0.4, 0.5) is 0 Å². The molecule has 0 saturated carbocycles. The van der Waals surface area contributed by atoms with E-state index in [-0.39, 0.29) is 5.75 Å². The van der Waals surface area contributed by atoms with Gasteiger partial charge in [0.25, 0.3) is 0 Å². The molecule has 1 aromatic carbocycles. The Labute approximate surface area is 85.2 Å². The van der Waals surface area contributed by atoms with Crippen LogP contribution >= 0.6 is 0 Å². The summed E-state index contributed by atoms with van der Waals surface area (Å²) < 4.78 is 23.1. The molecule has 0 saturated heterocycles. The SMILES string of the molecule is C=CCS(=O)(=O)c1ccc(CC)cc1. The van der Waals surface area contributed by atoms with E-state index in [1.54, 1.807) is 12.1 Å². The minimum atomic E-state index is -3.15. The average molecular weight is 210 g/mol. The lowest BCUT2D eigenvalue weighted by Gasteiger charge is -2.02. The lowest BCUT2D eigenvalue weighted by molar-refractivity contribution is 0.599. The highest BCUT2D eigenvalue weighted by molar-refractivity contribution is 7.91. The van der Waals surface area contributed by atoms with Gasteiger partial charge in [0.05, 0.1) is 10.6 Å². The van der Waals surface area contributed by atoms with Crippen molar-refractivity contribution in [2.75, 3.05) is 5.75 Å². The second-order valence-electron chi connectivity index (χ2n) is 3.07. The Hall–Kier alpha value is -1.09. The van der Waals surface area contributed by atoms with E-state index in [0.717, 1.165) is 12.0 Å². The van der Waals surface area contributed by atoms with Crippen LogP contribution in [0.3, 0.4) is 0 Å². The summed E-state index contributed by atoms with van der Waals surface area (Å²) in [6.07, 6.45) is 2.32. The first-order valence-corrected chi connectivity index (χ1v) is 6.18. The summed E-state index contributed by atoms with van der Waals surface area (Å²) in [4.78, 5) is 0.370. The van der Waals surface area contributed by atoms with E-state index < -0.39 is 9.84 Å². The molecule has 0 unspecified atom stereocenters. The molecule has 3 heteroatoms. The summed E-state index contributed by atoms with van der Waals surface area (Å²) in [5, 5.41) is 0. The maximum Gasteiger partial charge on any atom is 0.181 e. The fourth-order valence-corrected chi connectivity index (χ4v) is 2.24. The van der Waals surface area contributed by atoms with Crippen LogP contribution in [0.15, 0.2) is 41.8 Å². The highest BCUT2D eigenvalue weighted by Crippen LogP contribution is 2.12. The first-order valence-electron chi connectivity index (χ1n) is 4.52. The second-order valence-corrected chi connectivity index (χ2v) is 5.10. The largest absolute Gasteiger partial charge is 0.223 e. The van der Waals surface area contributed by atoms with Gasteiger partial charge in [-0.05, 0) is 24.1 Å². The molecule has 0 aliphatic carbocycles. The molecule has 0 aliphatic heterocycles. The molecule has 14 heavy (non-hydrogen) atoms. The molecule has 76 valence electrons. The summed E-state index contributed by atoms with van der Waals surface area (Å²) in [6, 6.07) is 6.99. The molecule has 0 spiro atoms. The van der Waals surface area contributed by atoms with Crippen molar-refractivity contribution < 1.29 is 8.42 Å². The lowest BCUT2D eigenvalue weighted by Crippen LogP contribution is -2.04. The summed E-state index contributed by atoms with van der Waals surface area (Å²) in [5.41, 5.74) is 1.14. The molecule has 0 N–H and O–H groups in total. The first kappa shape index (κ1) is 11.0. The van der Waals surface area contributed by atoms with Crippen molar-refractivity contribution in [3.05, 3.63) is 42.5 Å². The summed E-state index contributed by atoms with van der Waals surface area (Å²) in [5.74, 6) is -0.00152. The molecule has 0 aliphatic rings. The predicted molar refractivity (Wildman–Crippen MR) is 58.1 cm³/mol. The quantitative estimate of drug-likeness (QED) is 0.714. The van der Waals surface area contributed by atoms with E-state index in [1.807, 2.05) is 19.1 Å². The Bertz CT molecular complexity index is 401. The van der Waals surface area contributed by atoms with E-state index in [9.17, 15) is 8.42 Å². The third kappa shape index (κ3) is 2.45. The van der Waals surface area contributed by atoms with Crippen LogP contribution in [0, 0.1) is 0 Å². The number of aryl methyl sites for hydroxylation is 1. The molecule has 0 fully saturated rings. The molecule has 0 bridgehead atoms. The molecule has 1 aromatic rings.